The predicted octanol–water partition coefficient (Wildman–Crippen LogP) is 1.33. The van der Waals surface area contributed by atoms with Crippen molar-refractivity contribution in [3.8, 4) is 5.88 Å². The highest BCUT2D eigenvalue weighted by Crippen LogP contribution is 2.13. The maximum atomic E-state index is 11.7. The van der Waals surface area contributed by atoms with Gasteiger partial charge in [0.05, 0.1) is 6.61 Å². The standard InChI is InChI=1S/C12H17N5O3/c1-3-9-13-12(16-15-9)14-10(18)6-5-8-7-11(17-20-8)19-4-2/h7H,3-6H2,1-2H3,(H2,13,14,15,16,18). The Morgan fingerprint density at radius 1 is 1.50 bits per heavy atom. The van der Waals surface area contributed by atoms with Gasteiger partial charge in [-0.15, -0.1) is 5.10 Å². The largest absolute Gasteiger partial charge is 0.476 e. The third-order valence-electron chi connectivity index (χ3n) is 2.55. The van der Waals surface area contributed by atoms with Crippen LogP contribution in [-0.2, 0) is 17.6 Å². The van der Waals surface area contributed by atoms with Crippen LogP contribution in [0.1, 0.15) is 31.9 Å². The average molecular weight is 279 g/mol. The van der Waals surface area contributed by atoms with Gasteiger partial charge in [0.25, 0.3) is 5.88 Å². The highest BCUT2D eigenvalue weighted by Gasteiger charge is 2.10. The molecule has 0 radical (unpaired) electrons. The van der Waals surface area contributed by atoms with E-state index in [1.54, 1.807) is 6.07 Å². The van der Waals surface area contributed by atoms with Crippen molar-refractivity contribution >= 4 is 11.9 Å². The second-order valence-electron chi connectivity index (χ2n) is 4.07. The Balaban J connectivity index is 1.79. The van der Waals surface area contributed by atoms with Gasteiger partial charge in [0.15, 0.2) is 0 Å². The summed E-state index contributed by atoms with van der Waals surface area (Å²) in [7, 11) is 0. The van der Waals surface area contributed by atoms with Crippen molar-refractivity contribution in [1.82, 2.24) is 20.3 Å². The quantitative estimate of drug-likeness (QED) is 0.791. The lowest BCUT2D eigenvalue weighted by molar-refractivity contribution is -0.116. The minimum absolute atomic E-state index is 0.180. The molecular formula is C12H17N5O3. The zero-order chi connectivity index (χ0) is 14.4. The van der Waals surface area contributed by atoms with Crippen LogP contribution in [-0.4, -0.2) is 32.9 Å². The van der Waals surface area contributed by atoms with Crippen LogP contribution >= 0.6 is 0 Å². The molecule has 0 saturated carbocycles. The Hall–Kier alpha value is -2.38. The van der Waals surface area contributed by atoms with Crippen molar-refractivity contribution in [3.05, 3.63) is 17.7 Å². The lowest BCUT2D eigenvalue weighted by Crippen LogP contribution is -2.13. The van der Waals surface area contributed by atoms with Gasteiger partial charge in [-0.3, -0.25) is 15.2 Å². The fourth-order valence-corrected chi connectivity index (χ4v) is 1.56. The first-order valence-electron chi connectivity index (χ1n) is 6.50. The normalized spacial score (nSPS) is 10.5. The number of rotatable bonds is 7. The number of aromatic nitrogens is 4. The molecule has 0 aliphatic carbocycles. The first-order chi connectivity index (χ1) is 9.71. The van der Waals surface area contributed by atoms with Crippen LogP contribution in [0.25, 0.3) is 0 Å². The Bertz CT molecular complexity index is 563. The fraction of sp³-hybridized carbons (Fsp3) is 0.500. The predicted molar refractivity (Wildman–Crippen MR) is 70.4 cm³/mol. The van der Waals surface area contributed by atoms with Crippen molar-refractivity contribution in [2.45, 2.75) is 33.1 Å². The Morgan fingerprint density at radius 2 is 2.35 bits per heavy atom. The molecule has 0 atom stereocenters. The summed E-state index contributed by atoms with van der Waals surface area (Å²) >= 11 is 0. The second kappa shape index (κ2) is 6.69. The second-order valence-corrected chi connectivity index (χ2v) is 4.07. The molecule has 0 aromatic carbocycles. The maximum absolute atomic E-state index is 11.7. The molecule has 0 unspecified atom stereocenters. The Labute approximate surface area is 115 Å². The number of H-pyrrole nitrogens is 1. The van der Waals surface area contributed by atoms with Crippen LogP contribution in [0, 0.1) is 0 Å². The monoisotopic (exact) mass is 279 g/mol. The van der Waals surface area contributed by atoms with E-state index in [0.29, 0.717) is 30.6 Å². The minimum Gasteiger partial charge on any atom is -0.476 e. The maximum Gasteiger partial charge on any atom is 0.254 e. The SMILES string of the molecule is CCOc1cc(CCC(=O)Nc2n[nH]c(CC)n2)on1. The summed E-state index contributed by atoms with van der Waals surface area (Å²) in [6.07, 6.45) is 1.44. The van der Waals surface area contributed by atoms with Crippen LogP contribution in [0.2, 0.25) is 0 Å². The molecule has 2 heterocycles. The number of nitrogens with one attached hydrogen (secondary N) is 2. The van der Waals surface area contributed by atoms with E-state index >= 15 is 0 Å². The molecule has 0 aliphatic rings. The molecule has 1 amide bonds. The Morgan fingerprint density at radius 3 is 3.05 bits per heavy atom. The summed E-state index contributed by atoms with van der Waals surface area (Å²) in [6.45, 7) is 4.34. The molecule has 8 nitrogen and oxygen atoms in total. The number of hydrogen-bond acceptors (Lipinski definition) is 6. The molecule has 0 bridgehead atoms. The fourth-order valence-electron chi connectivity index (χ4n) is 1.56. The molecule has 20 heavy (non-hydrogen) atoms. The number of ether oxygens (including phenoxy) is 1. The van der Waals surface area contributed by atoms with Crippen LogP contribution in [0.5, 0.6) is 5.88 Å². The molecule has 0 aliphatic heterocycles. The van der Waals surface area contributed by atoms with Crippen molar-refractivity contribution in [2.75, 3.05) is 11.9 Å². The van der Waals surface area contributed by atoms with E-state index in [2.05, 4.69) is 25.7 Å². The Kier molecular flexibility index (Phi) is 4.70. The van der Waals surface area contributed by atoms with Crippen LogP contribution in [0.4, 0.5) is 5.95 Å². The lowest BCUT2D eigenvalue weighted by atomic mass is 10.2. The molecule has 0 spiro atoms. The number of anilines is 1. The van der Waals surface area contributed by atoms with E-state index in [1.165, 1.54) is 0 Å². The number of aryl methyl sites for hydroxylation is 2. The number of carbonyl (C=O) groups is 1. The summed E-state index contributed by atoms with van der Waals surface area (Å²) in [5.74, 6) is 1.88. The average Bonchev–Trinajstić information content (AvgIpc) is 3.06. The third kappa shape index (κ3) is 3.81. The summed E-state index contributed by atoms with van der Waals surface area (Å²) in [4.78, 5) is 15.8. The van der Waals surface area contributed by atoms with Gasteiger partial charge in [-0.1, -0.05) is 6.92 Å². The van der Waals surface area contributed by atoms with Crippen molar-refractivity contribution in [3.63, 3.8) is 0 Å². The van der Waals surface area contributed by atoms with Gasteiger partial charge in [0.1, 0.15) is 11.6 Å². The minimum atomic E-state index is -0.180. The van der Waals surface area contributed by atoms with Crippen molar-refractivity contribution < 1.29 is 14.1 Å². The topological polar surface area (TPSA) is 106 Å². The molecule has 2 aromatic heterocycles. The lowest BCUT2D eigenvalue weighted by Gasteiger charge is -1.98. The first-order valence-corrected chi connectivity index (χ1v) is 6.50. The smallest absolute Gasteiger partial charge is 0.254 e. The van der Waals surface area contributed by atoms with Gasteiger partial charge < -0.3 is 9.26 Å². The van der Waals surface area contributed by atoms with E-state index < -0.39 is 0 Å². The van der Waals surface area contributed by atoms with Crippen LogP contribution in [0.15, 0.2) is 10.6 Å². The van der Waals surface area contributed by atoms with Gasteiger partial charge >= 0.3 is 0 Å². The highest BCUT2D eigenvalue weighted by molar-refractivity contribution is 5.88. The first kappa shape index (κ1) is 14.0. The van der Waals surface area contributed by atoms with Gasteiger partial charge in [0.2, 0.25) is 11.9 Å². The third-order valence-corrected chi connectivity index (χ3v) is 2.55. The van der Waals surface area contributed by atoms with E-state index in [-0.39, 0.29) is 12.3 Å². The molecule has 8 heteroatoms. The number of aromatic amines is 1. The highest BCUT2D eigenvalue weighted by atomic mass is 16.5. The van der Waals surface area contributed by atoms with Gasteiger partial charge in [-0.25, -0.2) is 0 Å². The molecule has 2 N–H and O–H groups in total. The summed E-state index contributed by atoms with van der Waals surface area (Å²) in [6, 6.07) is 1.68. The van der Waals surface area contributed by atoms with Crippen LogP contribution in [0.3, 0.4) is 0 Å². The number of amides is 1. The van der Waals surface area contributed by atoms with E-state index in [1.807, 2.05) is 13.8 Å². The summed E-state index contributed by atoms with van der Waals surface area (Å²) in [5.41, 5.74) is 0. The summed E-state index contributed by atoms with van der Waals surface area (Å²) in [5, 5.41) is 13.0. The van der Waals surface area contributed by atoms with Crippen LogP contribution < -0.4 is 10.1 Å². The molecule has 108 valence electrons. The van der Waals surface area contributed by atoms with Crippen molar-refractivity contribution in [2.24, 2.45) is 0 Å². The molecule has 0 saturated heterocycles. The van der Waals surface area contributed by atoms with E-state index in [4.69, 9.17) is 9.26 Å². The molecular weight excluding hydrogens is 262 g/mol. The molecule has 2 aromatic rings. The van der Waals surface area contributed by atoms with E-state index in [0.717, 1.165) is 12.2 Å². The number of carbonyl (C=O) groups excluding carboxylic acids is 1. The number of hydrogen-bond donors (Lipinski definition) is 2. The molecule has 2 rings (SSSR count). The zero-order valence-corrected chi connectivity index (χ0v) is 11.5. The van der Waals surface area contributed by atoms with Gasteiger partial charge in [-0.2, -0.15) is 4.98 Å². The van der Waals surface area contributed by atoms with Gasteiger partial charge in [0, 0.05) is 25.3 Å². The zero-order valence-electron chi connectivity index (χ0n) is 11.5. The van der Waals surface area contributed by atoms with Crippen molar-refractivity contribution in [1.29, 1.82) is 0 Å². The number of nitrogens with zero attached hydrogens (tertiary/aromatic N) is 3. The molecule has 0 fully saturated rings. The summed E-state index contributed by atoms with van der Waals surface area (Å²) < 4.78 is 10.2. The van der Waals surface area contributed by atoms with Gasteiger partial charge in [-0.05, 0) is 12.1 Å². The van der Waals surface area contributed by atoms with E-state index in [9.17, 15) is 4.79 Å².